The van der Waals surface area contributed by atoms with Crippen LogP contribution in [0.25, 0.3) is 10.9 Å². The van der Waals surface area contributed by atoms with Crippen molar-refractivity contribution >= 4 is 28.8 Å². The van der Waals surface area contributed by atoms with Gasteiger partial charge in [0.1, 0.15) is 5.60 Å². The number of carbonyl (C=O) groups is 2. The van der Waals surface area contributed by atoms with Crippen molar-refractivity contribution in [2.45, 2.75) is 26.4 Å². The van der Waals surface area contributed by atoms with Gasteiger partial charge in [-0.2, -0.15) is 5.10 Å². The standard InChI is InChI=1S/C17H23N3O5/c1-17(2,3)25-16(23)20(8-9-24-5)14-12-7-6-11(15(21)22)10-13(12)19(4)18-14/h6-7,10H,8-9H2,1-5H3,(H,21,22). The molecule has 0 aliphatic carbocycles. The number of ether oxygens (including phenoxy) is 2. The lowest BCUT2D eigenvalue weighted by molar-refractivity contribution is 0.0567. The normalized spacial score (nSPS) is 11.6. The Hall–Kier alpha value is -2.61. The Bertz CT molecular complexity index is 791. The van der Waals surface area contributed by atoms with Gasteiger partial charge in [-0.15, -0.1) is 0 Å². The van der Waals surface area contributed by atoms with E-state index in [1.165, 1.54) is 17.0 Å². The van der Waals surface area contributed by atoms with Gasteiger partial charge in [0.15, 0.2) is 5.82 Å². The summed E-state index contributed by atoms with van der Waals surface area (Å²) in [5, 5.41) is 14.2. The van der Waals surface area contributed by atoms with Crippen LogP contribution in [0.1, 0.15) is 31.1 Å². The molecule has 0 radical (unpaired) electrons. The Balaban J connectivity index is 2.49. The van der Waals surface area contributed by atoms with Gasteiger partial charge < -0.3 is 14.6 Å². The van der Waals surface area contributed by atoms with Gasteiger partial charge in [-0.05, 0) is 39.0 Å². The molecule has 0 fully saturated rings. The molecule has 0 unspecified atom stereocenters. The number of hydrogen-bond acceptors (Lipinski definition) is 5. The molecule has 1 aromatic carbocycles. The van der Waals surface area contributed by atoms with Crippen molar-refractivity contribution in [3.05, 3.63) is 23.8 Å². The van der Waals surface area contributed by atoms with Crippen LogP contribution in [0, 0.1) is 0 Å². The zero-order valence-electron chi connectivity index (χ0n) is 15.1. The Labute approximate surface area is 145 Å². The predicted molar refractivity (Wildman–Crippen MR) is 93.1 cm³/mol. The van der Waals surface area contributed by atoms with Crippen LogP contribution in [-0.2, 0) is 16.5 Å². The third kappa shape index (κ3) is 4.27. The molecule has 1 heterocycles. The Morgan fingerprint density at radius 1 is 1.32 bits per heavy atom. The topological polar surface area (TPSA) is 93.9 Å². The molecule has 0 atom stereocenters. The van der Waals surface area contributed by atoms with Crippen molar-refractivity contribution < 1.29 is 24.2 Å². The lowest BCUT2D eigenvalue weighted by Gasteiger charge is -2.26. The van der Waals surface area contributed by atoms with Gasteiger partial charge in [-0.3, -0.25) is 9.58 Å². The average molecular weight is 349 g/mol. The van der Waals surface area contributed by atoms with Crippen LogP contribution < -0.4 is 4.90 Å². The molecule has 0 aliphatic rings. The zero-order valence-corrected chi connectivity index (χ0v) is 15.1. The summed E-state index contributed by atoms with van der Waals surface area (Å²) in [5.41, 5.74) is 0.118. The molecular weight excluding hydrogens is 326 g/mol. The summed E-state index contributed by atoms with van der Waals surface area (Å²) in [7, 11) is 3.24. The first-order valence-electron chi connectivity index (χ1n) is 7.83. The molecule has 0 bridgehead atoms. The summed E-state index contributed by atoms with van der Waals surface area (Å²) >= 11 is 0. The summed E-state index contributed by atoms with van der Waals surface area (Å²) in [6.07, 6.45) is -0.535. The van der Waals surface area contributed by atoms with Crippen LogP contribution in [-0.4, -0.2) is 52.8 Å². The van der Waals surface area contributed by atoms with Gasteiger partial charge in [0.05, 0.1) is 24.2 Å². The third-order valence-corrected chi connectivity index (χ3v) is 3.47. The molecule has 1 N–H and O–H groups in total. The number of hydrogen-bond donors (Lipinski definition) is 1. The van der Waals surface area contributed by atoms with E-state index in [4.69, 9.17) is 14.6 Å². The fourth-order valence-corrected chi connectivity index (χ4v) is 2.35. The van der Waals surface area contributed by atoms with Crippen LogP contribution in [0.4, 0.5) is 10.6 Å². The van der Waals surface area contributed by atoms with Crippen LogP contribution in [0.5, 0.6) is 0 Å². The number of aromatic nitrogens is 2. The Kier molecular flexibility index (Phi) is 5.32. The van der Waals surface area contributed by atoms with Crippen molar-refractivity contribution in [3.8, 4) is 0 Å². The van der Waals surface area contributed by atoms with Gasteiger partial charge in [0.25, 0.3) is 0 Å². The second-order valence-electron chi connectivity index (χ2n) is 6.61. The molecule has 1 amide bonds. The van der Waals surface area contributed by atoms with Crippen molar-refractivity contribution in [3.63, 3.8) is 0 Å². The van der Waals surface area contributed by atoms with Crippen LogP contribution in [0.3, 0.4) is 0 Å². The third-order valence-electron chi connectivity index (χ3n) is 3.47. The van der Waals surface area contributed by atoms with Crippen molar-refractivity contribution in [2.75, 3.05) is 25.2 Å². The predicted octanol–water partition coefficient (Wildman–Crippen LogP) is 2.66. The van der Waals surface area contributed by atoms with Gasteiger partial charge in [-0.1, -0.05) is 0 Å². The van der Waals surface area contributed by atoms with E-state index in [0.717, 1.165) is 0 Å². The number of methoxy groups -OCH3 is 1. The van der Waals surface area contributed by atoms with Crippen LogP contribution in [0.2, 0.25) is 0 Å². The lowest BCUT2D eigenvalue weighted by Crippen LogP contribution is -2.39. The van der Waals surface area contributed by atoms with Crippen LogP contribution >= 0.6 is 0 Å². The second kappa shape index (κ2) is 7.10. The van der Waals surface area contributed by atoms with Crippen molar-refractivity contribution in [2.24, 2.45) is 7.05 Å². The molecule has 2 rings (SSSR count). The number of anilines is 1. The highest BCUT2D eigenvalue weighted by molar-refractivity contribution is 6.01. The maximum Gasteiger partial charge on any atom is 0.416 e. The van der Waals surface area contributed by atoms with E-state index < -0.39 is 17.7 Å². The summed E-state index contributed by atoms with van der Waals surface area (Å²) in [5.74, 6) is -0.617. The minimum atomic E-state index is -1.02. The lowest BCUT2D eigenvalue weighted by atomic mass is 10.1. The van der Waals surface area contributed by atoms with E-state index in [-0.39, 0.29) is 12.1 Å². The molecular formula is C17H23N3O5. The molecule has 1 aromatic heterocycles. The van der Waals surface area contributed by atoms with E-state index in [1.807, 2.05) is 0 Å². The molecule has 0 saturated carbocycles. The van der Waals surface area contributed by atoms with Crippen molar-refractivity contribution in [1.29, 1.82) is 0 Å². The number of carbonyl (C=O) groups excluding carboxylic acids is 1. The van der Waals surface area contributed by atoms with E-state index in [1.54, 1.807) is 45.7 Å². The second-order valence-corrected chi connectivity index (χ2v) is 6.61. The molecule has 8 nitrogen and oxygen atoms in total. The number of aryl methyl sites for hydroxylation is 1. The maximum absolute atomic E-state index is 12.6. The molecule has 136 valence electrons. The Morgan fingerprint density at radius 3 is 2.56 bits per heavy atom. The maximum atomic E-state index is 12.6. The number of aromatic carboxylic acids is 1. The number of fused-ring (bicyclic) bond motifs is 1. The van der Waals surface area contributed by atoms with Crippen molar-refractivity contribution in [1.82, 2.24) is 9.78 Å². The summed E-state index contributed by atoms with van der Waals surface area (Å²) in [6, 6.07) is 4.66. The first kappa shape index (κ1) is 18.7. The number of benzene rings is 1. The monoisotopic (exact) mass is 349 g/mol. The SMILES string of the molecule is COCCN(C(=O)OC(C)(C)C)c1nn(C)c2cc(C(=O)O)ccc12. The molecule has 0 saturated heterocycles. The smallest absolute Gasteiger partial charge is 0.416 e. The minimum absolute atomic E-state index is 0.155. The van der Waals surface area contributed by atoms with Crippen LogP contribution in [0.15, 0.2) is 18.2 Å². The highest BCUT2D eigenvalue weighted by atomic mass is 16.6. The fraction of sp³-hybridized carbons (Fsp3) is 0.471. The molecule has 25 heavy (non-hydrogen) atoms. The number of rotatable bonds is 5. The van der Waals surface area contributed by atoms with Gasteiger partial charge in [0, 0.05) is 19.5 Å². The zero-order chi connectivity index (χ0) is 18.8. The molecule has 0 aliphatic heterocycles. The Morgan fingerprint density at radius 2 is 2.00 bits per heavy atom. The average Bonchev–Trinajstić information content (AvgIpc) is 2.82. The summed E-state index contributed by atoms with van der Waals surface area (Å²) in [6.45, 7) is 5.93. The number of nitrogens with zero attached hydrogens (tertiary/aromatic N) is 3. The van der Waals surface area contributed by atoms with E-state index in [0.29, 0.717) is 23.3 Å². The minimum Gasteiger partial charge on any atom is -0.478 e. The van der Waals surface area contributed by atoms with Gasteiger partial charge in [0.2, 0.25) is 0 Å². The fourth-order valence-electron chi connectivity index (χ4n) is 2.35. The van der Waals surface area contributed by atoms with E-state index in [2.05, 4.69) is 5.10 Å². The van der Waals surface area contributed by atoms with E-state index >= 15 is 0 Å². The van der Waals surface area contributed by atoms with Gasteiger partial charge >= 0.3 is 12.1 Å². The number of amides is 1. The molecule has 0 spiro atoms. The van der Waals surface area contributed by atoms with E-state index in [9.17, 15) is 9.59 Å². The summed E-state index contributed by atoms with van der Waals surface area (Å²) < 4.78 is 12.1. The largest absolute Gasteiger partial charge is 0.478 e. The molecule has 8 heteroatoms. The highest BCUT2D eigenvalue weighted by Crippen LogP contribution is 2.28. The number of carboxylic acid groups (broad SMARTS) is 1. The first-order chi connectivity index (χ1) is 11.6. The first-order valence-corrected chi connectivity index (χ1v) is 7.83. The number of carboxylic acids is 1. The summed E-state index contributed by atoms with van der Waals surface area (Å²) in [4.78, 5) is 25.2. The van der Waals surface area contributed by atoms with Gasteiger partial charge in [-0.25, -0.2) is 9.59 Å². The quantitative estimate of drug-likeness (QED) is 0.892. The molecule has 2 aromatic rings. The highest BCUT2D eigenvalue weighted by Gasteiger charge is 2.27.